The topological polar surface area (TPSA) is 115 Å². The molecular weight excluding hydrogens is 484 g/mol. The van der Waals surface area contributed by atoms with Gasteiger partial charge in [-0.1, -0.05) is 6.07 Å². The number of anilines is 2. The number of halogens is 4. The van der Waals surface area contributed by atoms with Gasteiger partial charge in [0.2, 0.25) is 5.91 Å². The number of fused-ring (bicyclic) bond motifs is 1. The summed E-state index contributed by atoms with van der Waals surface area (Å²) in [6.07, 6.45) is -3.26. The number of rotatable bonds is 6. The fourth-order valence-corrected chi connectivity index (χ4v) is 4.42. The van der Waals surface area contributed by atoms with E-state index in [-0.39, 0.29) is 29.7 Å². The first-order valence-corrected chi connectivity index (χ1v) is 11.3. The van der Waals surface area contributed by atoms with Gasteiger partial charge in [0.25, 0.3) is 5.91 Å². The minimum Gasteiger partial charge on any atom is -0.368 e. The Morgan fingerprint density at radius 1 is 1.25 bits per heavy atom. The number of hydrogen-bond donors (Lipinski definition) is 3. The number of nitrogens with one attached hydrogen (secondary N) is 2. The quantitative estimate of drug-likeness (QED) is 0.515. The Balaban J connectivity index is 1.57. The number of hydrogen-bond acceptors (Lipinski definition) is 6. The summed E-state index contributed by atoms with van der Waals surface area (Å²) < 4.78 is 60.5. The molecule has 1 fully saturated rings. The number of likely N-dealkylation sites (tertiary alicyclic amines) is 1. The van der Waals surface area contributed by atoms with Crippen molar-refractivity contribution in [2.45, 2.75) is 38.1 Å². The van der Waals surface area contributed by atoms with Crippen molar-refractivity contribution in [1.82, 2.24) is 14.7 Å². The number of nitrogens with zero attached hydrogens (tertiary/aromatic N) is 3. The molecule has 0 radical (unpaired) electrons. The molecular formula is C23H26F4N6O3. The lowest BCUT2D eigenvalue weighted by atomic mass is 9.94. The number of carbonyl (C=O) groups is 2. The second kappa shape index (κ2) is 9.90. The molecule has 2 aliphatic rings. The highest BCUT2D eigenvalue weighted by molar-refractivity contribution is 5.96. The van der Waals surface area contributed by atoms with Crippen LogP contribution < -0.4 is 16.4 Å². The van der Waals surface area contributed by atoms with Crippen LogP contribution in [0.25, 0.3) is 0 Å². The number of primary amides is 1. The van der Waals surface area contributed by atoms with Gasteiger partial charge in [0.1, 0.15) is 24.3 Å². The molecule has 1 atom stereocenters. The average molecular weight is 510 g/mol. The molecule has 9 nitrogen and oxygen atoms in total. The van der Waals surface area contributed by atoms with Gasteiger partial charge in [-0.15, -0.1) is 0 Å². The van der Waals surface area contributed by atoms with E-state index in [2.05, 4.69) is 20.6 Å². The highest BCUT2D eigenvalue weighted by atomic mass is 19.4. The second-order valence-electron chi connectivity index (χ2n) is 8.89. The fraction of sp³-hybridized carbons (Fsp3) is 0.435. The summed E-state index contributed by atoms with van der Waals surface area (Å²) in [7, 11) is 2.02. The molecule has 0 saturated carbocycles. The minimum atomic E-state index is -4.88. The maximum Gasteiger partial charge on any atom is 0.419 e. The largest absolute Gasteiger partial charge is 0.419 e. The van der Waals surface area contributed by atoms with E-state index in [9.17, 15) is 27.2 Å². The number of allylic oxidation sites excluding steroid dienone is 1. The van der Waals surface area contributed by atoms with Crippen LogP contribution in [-0.4, -0.2) is 59.3 Å². The van der Waals surface area contributed by atoms with Gasteiger partial charge in [-0.2, -0.15) is 18.3 Å². The van der Waals surface area contributed by atoms with Crippen LogP contribution in [0.3, 0.4) is 0 Å². The summed E-state index contributed by atoms with van der Waals surface area (Å²) in [5.74, 6) is -2.35. The smallest absolute Gasteiger partial charge is 0.368 e. The Bertz CT molecular complexity index is 1200. The summed E-state index contributed by atoms with van der Waals surface area (Å²) in [4.78, 5) is 26.8. The first-order valence-electron chi connectivity index (χ1n) is 11.3. The third-order valence-electron chi connectivity index (χ3n) is 6.24. The van der Waals surface area contributed by atoms with Gasteiger partial charge in [0.15, 0.2) is 5.82 Å². The molecule has 1 unspecified atom stereocenters. The second-order valence-corrected chi connectivity index (χ2v) is 8.89. The Labute approximate surface area is 204 Å². The fourth-order valence-electron chi connectivity index (χ4n) is 4.42. The van der Waals surface area contributed by atoms with Crippen molar-refractivity contribution in [2.24, 2.45) is 5.73 Å². The van der Waals surface area contributed by atoms with E-state index in [1.807, 2.05) is 7.05 Å². The first-order chi connectivity index (χ1) is 16.9. The zero-order valence-corrected chi connectivity index (χ0v) is 19.7. The molecule has 0 aliphatic carbocycles. The molecule has 1 aromatic heterocycles. The van der Waals surface area contributed by atoms with Crippen LogP contribution in [-0.2, 0) is 20.5 Å². The molecule has 194 valence electrons. The number of amides is 2. The lowest BCUT2D eigenvalue weighted by Crippen LogP contribution is -2.35. The predicted molar refractivity (Wildman–Crippen MR) is 122 cm³/mol. The molecule has 36 heavy (non-hydrogen) atoms. The van der Waals surface area contributed by atoms with Crippen LogP contribution in [0.2, 0.25) is 0 Å². The van der Waals surface area contributed by atoms with Gasteiger partial charge in [-0.3, -0.25) is 9.59 Å². The number of benzene rings is 1. The SMILES string of the molecule is CC1=C(C(N)=O)C(c2ccc(C(F)(F)F)c(F)c2)n2nc(NC(=O)COC3CCN(C)CC3)cc2N1. The average Bonchev–Trinajstić information content (AvgIpc) is 3.18. The van der Waals surface area contributed by atoms with Crippen molar-refractivity contribution in [3.05, 3.63) is 52.5 Å². The van der Waals surface area contributed by atoms with Crippen LogP contribution in [0.5, 0.6) is 0 Å². The molecule has 4 rings (SSSR count). The van der Waals surface area contributed by atoms with Gasteiger partial charge in [-0.25, -0.2) is 9.07 Å². The molecule has 1 saturated heterocycles. The van der Waals surface area contributed by atoms with E-state index < -0.39 is 35.4 Å². The third-order valence-corrected chi connectivity index (χ3v) is 6.24. The molecule has 2 aliphatic heterocycles. The minimum absolute atomic E-state index is 0.00626. The molecule has 0 spiro atoms. The lowest BCUT2D eigenvalue weighted by molar-refractivity contribution is -0.140. The number of carbonyl (C=O) groups excluding carboxylic acids is 2. The first kappa shape index (κ1) is 25.6. The number of nitrogens with two attached hydrogens (primary N) is 1. The summed E-state index contributed by atoms with van der Waals surface area (Å²) in [6, 6.07) is 2.75. The van der Waals surface area contributed by atoms with Crippen LogP contribution in [0.1, 0.15) is 36.9 Å². The van der Waals surface area contributed by atoms with Gasteiger partial charge in [-0.05, 0) is 44.5 Å². The van der Waals surface area contributed by atoms with Crippen molar-refractivity contribution in [1.29, 1.82) is 0 Å². The zero-order valence-electron chi connectivity index (χ0n) is 19.7. The monoisotopic (exact) mass is 510 g/mol. The van der Waals surface area contributed by atoms with Crippen molar-refractivity contribution in [3.8, 4) is 0 Å². The Morgan fingerprint density at radius 2 is 1.94 bits per heavy atom. The number of aromatic nitrogens is 2. The van der Waals surface area contributed by atoms with Gasteiger partial charge in [0, 0.05) is 24.9 Å². The molecule has 1 aromatic carbocycles. The van der Waals surface area contributed by atoms with Crippen LogP contribution in [0.15, 0.2) is 35.5 Å². The Kier molecular flexibility index (Phi) is 7.05. The number of piperidine rings is 1. The van der Waals surface area contributed by atoms with Gasteiger partial charge >= 0.3 is 6.18 Å². The highest BCUT2D eigenvalue weighted by Gasteiger charge is 2.37. The maximum atomic E-state index is 14.4. The summed E-state index contributed by atoms with van der Waals surface area (Å²) in [6.45, 7) is 3.14. The van der Waals surface area contributed by atoms with E-state index in [4.69, 9.17) is 10.5 Å². The van der Waals surface area contributed by atoms with E-state index in [0.717, 1.165) is 32.0 Å². The molecule has 2 aromatic rings. The van der Waals surface area contributed by atoms with E-state index in [1.54, 1.807) is 6.92 Å². The molecule has 2 amide bonds. The van der Waals surface area contributed by atoms with Crippen LogP contribution in [0.4, 0.5) is 29.2 Å². The van der Waals surface area contributed by atoms with Crippen LogP contribution >= 0.6 is 0 Å². The Morgan fingerprint density at radius 3 is 2.56 bits per heavy atom. The lowest BCUT2D eigenvalue weighted by Gasteiger charge is -2.29. The van der Waals surface area contributed by atoms with Gasteiger partial charge < -0.3 is 26.0 Å². The van der Waals surface area contributed by atoms with Crippen molar-refractivity contribution in [2.75, 3.05) is 37.4 Å². The number of ether oxygens (including phenoxy) is 1. The third kappa shape index (κ3) is 5.36. The maximum absolute atomic E-state index is 14.4. The normalized spacial score (nSPS) is 19.1. The Hall–Kier alpha value is -3.45. The molecule has 13 heteroatoms. The van der Waals surface area contributed by atoms with E-state index in [1.165, 1.54) is 10.7 Å². The predicted octanol–water partition coefficient (Wildman–Crippen LogP) is 2.86. The summed E-state index contributed by atoms with van der Waals surface area (Å²) in [5.41, 5.74) is 4.46. The zero-order chi connectivity index (χ0) is 26.2. The van der Waals surface area contributed by atoms with Crippen LogP contribution in [0, 0.1) is 5.82 Å². The van der Waals surface area contributed by atoms with Crippen molar-refractivity contribution in [3.63, 3.8) is 0 Å². The highest BCUT2D eigenvalue weighted by Crippen LogP contribution is 2.39. The van der Waals surface area contributed by atoms with Crippen molar-refractivity contribution < 1.29 is 31.9 Å². The standard InChI is InChI=1S/C23H26F4N6O3/c1-12-20(22(28)35)21(13-3-4-15(16(24)9-13)23(25,26)27)33-18(29-12)10-17(31-33)30-19(34)11-36-14-5-7-32(2)8-6-14/h3-4,9-10,14,21,29H,5-8,11H2,1-2H3,(H2,28,35)(H,30,31,34). The van der Waals surface area contributed by atoms with E-state index in [0.29, 0.717) is 23.6 Å². The van der Waals surface area contributed by atoms with E-state index >= 15 is 0 Å². The summed E-state index contributed by atoms with van der Waals surface area (Å²) >= 11 is 0. The van der Waals surface area contributed by atoms with Crippen molar-refractivity contribution >= 4 is 23.5 Å². The molecule has 3 heterocycles. The van der Waals surface area contributed by atoms with Gasteiger partial charge in [0.05, 0.1) is 17.2 Å². The molecule has 4 N–H and O–H groups in total. The summed E-state index contributed by atoms with van der Waals surface area (Å²) in [5, 5.41) is 9.85. The molecule has 0 bridgehead atoms. The number of alkyl halides is 3.